The monoisotopic (exact) mass is 523 g/mol. The standard InChI is InChI=1S/C29H37N3O6/c1-4-30(5-2)20-10-12-21(13-11-20)31-17-8-15-29-22(23-27(36)37-19-9-14-28(23,3)38-29)25(34)32(16-6-7-18-33)24(29)26(31)35/h8-15,22-24,33H,4-7,16-19H2,1-3H3/t22-,23-,24?,28+,29-/m0/s1. The Morgan fingerprint density at radius 3 is 2.42 bits per heavy atom. The number of anilines is 2. The number of fused-ring (bicyclic) bond motifs is 2. The van der Waals surface area contributed by atoms with Crippen LogP contribution in [-0.2, 0) is 23.9 Å². The van der Waals surface area contributed by atoms with Gasteiger partial charge in [0.15, 0.2) is 0 Å². The Labute approximate surface area is 223 Å². The van der Waals surface area contributed by atoms with E-state index in [1.165, 1.54) is 0 Å². The van der Waals surface area contributed by atoms with Gasteiger partial charge in [-0.3, -0.25) is 14.4 Å². The smallest absolute Gasteiger partial charge is 0.313 e. The lowest BCUT2D eigenvalue weighted by Gasteiger charge is -2.37. The molecule has 2 amide bonds. The third kappa shape index (κ3) is 4.03. The fourth-order valence-electron chi connectivity index (χ4n) is 6.65. The molecule has 4 heterocycles. The van der Waals surface area contributed by atoms with Crippen LogP contribution in [0.25, 0.3) is 0 Å². The van der Waals surface area contributed by atoms with Gasteiger partial charge in [-0.2, -0.15) is 0 Å². The van der Waals surface area contributed by atoms with Gasteiger partial charge in [-0.15, -0.1) is 0 Å². The van der Waals surface area contributed by atoms with E-state index in [9.17, 15) is 19.5 Å². The minimum atomic E-state index is -1.30. The van der Waals surface area contributed by atoms with E-state index in [0.717, 1.165) is 24.5 Å². The summed E-state index contributed by atoms with van der Waals surface area (Å²) in [5.41, 5.74) is -0.568. The number of likely N-dealkylation sites (tertiary alicyclic amines) is 1. The van der Waals surface area contributed by atoms with Crippen LogP contribution in [0.15, 0.2) is 48.6 Å². The lowest BCUT2D eigenvalue weighted by atomic mass is 9.75. The summed E-state index contributed by atoms with van der Waals surface area (Å²) in [4.78, 5) is 47.0. The summed E-state index contributed by atoms with van der Waals surface area (Å²) in [6, 6.07) is 6.94. The summed E-state index contributed by atoms with van der Waals surface area (Å²) in [6.07, 6.45) is 8.26. The molecule has 0 aliphatic carbocycles. The molecule has 1 aromatic rings. The third-order valence-electron chi connectivity index (χ3n) is 8.41. The maximum Gasteiger partial charge on any atom is 0.313 e. The largest absolute Gasteiger partial charge is 0.461 e. The zero-order valence-electron chi connectivity index (χ0n) is 22.3. The number of amides is 2. The quantitative estimate of drug-likeness (QED) is 0.317. The second kappa shape index (κ2) is 10.2. The minimum Gasteiger partial charge on any atom is -0.461 e. The summed E-state index contributed by atoms with van der Waals surface area (Å²) < 4.78 is 12.1. The summed E-state index contributed by atoms with van der Waals surface area (Å²) in [5, 5.41) is 9.35. The summed E-state index contributed by atoms with van der Waals surface area (Å²) in [6.45, 7) is 8.48. The van der Waals surface area contributed by atoms with E-state index in [-0.39, 0.29) is 31.6 Å². The summed E-state index contributed by atoms with van der Waals surface area (Å²) >= 11 is 0. The number of aliphatic hydroxyl groups is 1. The molecule has 4 aliphatic heterocycles. The van der Waals surface area contributed by atoms with Gasteiger partial charge < -0.3 is 29.3 Å². The van der Waals surface area contributed by atoms with Gasteiger partial charge in [0.1, 0.15) is 24.2 Å². The maximum atomic E-state index is 14.4. The number of ether oxygens (including phenoxy) is 2. The number of rotatable bonds is 8. The van der Waals surface area contributed by atoms with Crippen molar-refractivity contribution in [3.63, 3.8) is 0 Å². The van der Waals surface area contributed by atoms with Crippen LogP contribution in [-0.4, -0.2) is 84.4 Å². The van der Waals surface area contributed by atoms with Gasteiger partial charge in [-0.1, -0.05) is 18.2 Å². The number of hydrogen-bond acceptors (Lipinski definition) is 7. The predicted octanol–water partition coefficient (Wildman–Crippen LogP) is 2.29. The van der Waals surface area contributed by atoms with E-state index in [1.807, 2.05) is 36.4 Å². The van der Waals surface area contributed by atoms with E-state index in [0.29, 0.717) is 19.4 Å². The fraction of sp³-hybridized carbons (Fsp3) is 0.552. The SMILES string of the molecule is CCN(CC)c1ccc(N2CC=C[C@]34O[C@]5(C)C=CCOC(=O)[C@@H]5[C@H]3C(=O)N(CCCCO)C4C2=O)cc1. The fourth-order valence-corrected chi connectivity index (χ4v) is 6.65. The van der Waals surface area contributed by atoms with Crippen LogP contribution in [0.3, 0.4) is 0 Å². The van der Waals surface area contributed by atoms with Gasteiger partial charge in [0, 0.05) is 44.2 Å². The molecule has 0 bridgehead atoms. The first-order valence-corrected chi connectivity index (χ1v) is 13.6. The number of esters is 1. The molecule has 204 valence electrons. The Balaban J connectivity index is 1.55. The van der Waals surface area contributed by atoms with Gasteiger partial charge in [0.2, 0.25) is 5.91 Å². The van der Waals surface area contributed by atoms with Crippen molar-refractivity contribution in [2.24, 2.45) is 11.8 Å². The second-order valence-electron chi connectivity index (χ2n) is 10.5. The van der Waals surface area contributed by atoms with Crippen LogP contribution in [0.2, 0.25) is 0 Å². The van der Waals surface area contributed by atoms with E-state index < -0.39 is 35.0 Å². The molecule has 1 unspecified atom stereocenters. The van der Waals surface area contributed by atoms with Crippen molar-refractivity contribution in [2.75, 3.05) is 49.2 Å². The molecule has 38 heavy (non-hydrogen) atoms. The van der Waals surface area contributed by atoms with Crippen LogP contribution in [0.4, 0.5) is 11.4 Å². The molecule has 1 N–H and O–H groups in total. The second-order valence-corrected chi connectivity index (χ2v) is 10.5. The zero-order valence-corrected chi connectivity index (χ0v) is 22.3. The third-order valence-corrected chi connectivity index (χ3v) is 8.41. The number of cyclic esters (lactones) is 1. The molecule has 5 atom stereocenters. The van der Waals surface area contributed by atoms with Crippen LogP contribution in [0, 0.1) is 11.8 Å². The molecule has 2 saturated heterocycles. The van der Waals surface area contributed by atoms with Gasteiger partial charge in [0.05, 0.1) is 11.5 Å². The topological polar surface area (TPSA) is 99.6 Å². The summed E-state index contributed by atoms with van der Waals surface area (Å²) in [7, 11) is 0. The zero-order chi connectivity index (χ0) is 27.1. The number of unbranched alkanes of at least 4 members (excludes halogenated alkanes) is 1. The highest BCUT2D eigenvalue weighted by Gasteiger charge is 2.74. The number of nitrogens with zero attached hydrogens (tertiary/aromatic N) is 3. The Kier molecular flexibility index (Phi) is 7.09. The Morgan fingerprint density at radius 1 is 1.00 bits per heavy atom. The molecule has 0 saturated carbocycles. The normalized spacial score (nSPS) is 32.0. The van der Waals surface area contributed by atoms with E-state index >= 15 is 0 Å². The summed E-state index contributed by atoms with van der Waals surface area (Å²) in [5.74, 6) is -2.77. The molecule has 5 rings (SSSR count). The van der Waals surface area contributed by atoms with Crippen molar-refractivity contribution in [3.05, 3.63) is 48.6 Å². The molecule has 9 nitrogen and oxygen atoms in total. The van der Waals surface area contributed by atoms with Crippen molar-refractivity contribution in [2.45, 2.75) is 50.9 Å². The van der Waals surface area contributed by atoms with E-state index in [4.69, 9.17) is 9.47 Å². The molecule has 2 fully saturated rings. The first kappa shape index (κ1) is 26.4. The molecule has 0 radical (unpaired) electrons. The lowest BCUT2D eigenvalue weighted by Crippen LogP contribution is -2.56. The predicted molar refractivity (Wildman–Crippen MR) is 143 cm³/mol. The Bertz CT molecular complexity index is 1150. The number of aliphatic hydroxyl groups excluding tert-OH is 1. The van der Waals surface area contributed by atoms with Gasteiger partial charge in [-0.25, -0.2) is 0 Å². The highest BCUT2D eigenvalue weighted by Crippen LogP contribution is 2.57. The average molecular weight is 524 g/mol. The Morgan fingerprint density at radius 2 is 1.74 bits per heavy atom. The van der Waals surface area contributed by atoms with Gasteiger partial charge in [0.25, 0.3) is 5.91 Å². The Hall–Kier alpha value is -3.17. The highest BCUT2D eigenvalue weighted by molar-refractivity contribution is 6.05. The average Bonchev–Trinajstić information content (AvgIpc) is 3.15. The number of hydrogen-bond donors (Lipinski definition) is 1. The van der Waals surface area contributed by atoms with Crippen molar-refractivity contribution in [1.82, 2.24) is 4.90 Å². The molecule has 1 aromatic carbocycles. The van der Waals surface area contributed by atoms with E-state index in [2.05, 4.69) is 18.7 Å². The van der Waals surface area contributed by atoms with Crippen molar-refractivity contribution < 1.29 is 29.0 Å². The van der Waals surface area contributed by atoms with E-state index in [1.54, 1.807) is 28.9 Å². The number of carbonyl (C=O) groups excluding carboxylic acids is 3. The maximum absolute atomic E-state index is 14.4. The first-order chi connectivity index (χ1) is 18.3. The molecular weight excluding hydrogens is 486 g/mol. The molecule has 4 aliphatic rings. The van der Waals surface area contributed by atoms with Crippen LogP contribution >= 0.6 is 0 Å². The van der Waals surface area contributed by atoms with Crippen LogP contribution < -0.4 is 9.80 Å². The van der Waals surface area contributed by atoms with Crippen molar-refractivity contribution >= 4 is 29.2 Å². The van der Waals surface area contributed by atoms with Crippen molar-refractivity contribution in [3.8, 4) is 0 Å². The van der Waals surface area contributed by atoms with Crippen molar-refractivity contribution in [1.29, 1.82) is 0 Å². The molecular formula is C29H37N3O6. The van der Waals surface area contributed by atoms with Gasteiger partial charge in [-0.05, 0) is 64.0 Å². The van der Waals surface area contributed by atoms with Crippen LogP contribution in [0.1, 0.15) is 33.6 Å². The number of benzene rings is 1. The molecule has 0 aromatic heterocycles. The molecule has 9 heteroatoms. The minimum absolute atomic E-state index is 0.00551. The van der Waals surface area contributed by atoms with Gasteiger partial charge >= 0.3 is 5.97 Å². The lowest BCUT2D eigenvalue weighted by molar-refractivity contribution is -0.156. The highest BCUT2D eigenvalue weighted by atomic mass is 16.6. The van der Waals surface area contributed by atoms with Crippen LogP contribution in [0.5, 0.6) is 0 Å². The number of carbonyl (C=O) groups is 3. The molecule has 1 spiro atoms. The first-order valence-electron chi connectivity index (χ1n) is 13.6.